The molecule has 0 aliphatic carbocycles. The fraction of sp³-hybridized carbons (Fsp3) is 0.0870. The van der Waals surface area contributed by atoms with E-state index in [1.54, 1.807) is 0 Å². The van der Waals surface area contributed by atoms with Crippen LogP contribution in [0.15, 0.2) is 170 Å². The van der Waals surface area contributed by atoms with Crippen molar-refractivity contribution < 1.29 is 0 Å². The summed E-state index contributed by atoms with van der Waals surface area (Å²) in [5, 5.41) is 0. The van der Waals surface area contributed by atoms with Gasteiger partial charge in [-0.2, -0.15) is 0 Å². The van der Waals surface area contributed by atoms with Crippen molar-refractivity contribution in [1.29, 1.82) is 0 Å². The molecule has 234 valence electrons. The fourth-order valence-corrected chi connectivity index (χ4v) is 7.75. The van der Waals surface area contributed by atoms with Crippen LogP contribution in [0.25, 0.3) is 22.3 Å². The molecule has 0 unspecified atom stereocenters. The highest BCUT2D eigenvalue weighted by Gasteiger charge is 2.44. The normalized spacial score (nSPS) is 13.1. The zero-order valence-electron chi connectivity index (χ0n) is 28.1. The maximum atomic E-state index is 2.51. The molecule has 0 saturated carbocycles. The SMILES string of the molecule is CC(C)(C)c1cc2c3c(c1)N(c1ccccc1)c1cc(-c4ccccc4)ccc1B3c1ccc(-c3ccccc3)cc1N2c1ccccc1. The number of fused-ring (bicyclic) bond motifs is 4. The van der Waals surface area contributed by atoms with Gasteiger partial charge in [0, 0.05) is 34.1 Å². The second-order valence-electron chi connectivity index (χ2n) is 14.2. The summed E-state index contributed by atoms with van der Waals surface area (Å²) in [5.41, 5.74) is 17.4. The summed E-state index contributed by atoms with van der Waals surface area (Å²) in [6, 6.07) is 62.4. The number of anilines is 6. The molecule has 49 heavy (non-hydrogen) atoms. The zero-order valence-corrected chi connectivity index (χ0v) is 28.1. The lowest BCUT2D eigenvalue weighted by Crippen LogP contribution is -2.61. The molecule has 0 amide bonds. The standard InChI is InChI=1S/C46H37BN2/c1-46(2,3)36-30-43-45-44(31-36)49(38-22-14-7-15-23-38)42-29-35(33-18-10-5-11-19-33)25-27-40(42)47(45)39-26-24-34(32-16-8-4-9-17-32)28-41(39)48(43)37-20-12-6-13-21-37/h4-31H,1-3H3. The van der Waals surface area contributed by atoms with Gasteiger partial charge in [-0.15, -0.1) is 0 Å². The molecule has 0 aromatic heterocycles. The number of hydrogen-bond acceptors (Lipinski definition) is 2. The van der Waals surface area contributed by atoms with Gasteiger partial charge >= 0.3 is 0 Å². The van der Waals surface area contributed by atoms with Gasteiger partial charge in [-0.05, 0) is 98.2 Å². The van der Waals surface area contributed by atoms with E-state index in [4.69, 9.17) is 0 Å². The molecule has 0 bridgehead atoms. The molecule has 2 nitrogen and oxygen atoms in total. The number of para-hydroxylation sites is 2. The lowest BCUT2D eigenvalue weighted by molar-refractivity contribution is 0.590. The van der Waals surface area contributed by atoms with E-state index in [0.29, 0.717) is 0 Å². The highest BCUT2D eigenvalue weighted by atomic mass is 15.2. The Hall–Kier alpha value is -5.80. The number of hydrogen-bond donors (Lipinski definition) is 0. The van der Waals surface area contributed by atoms with E-state index in [1.807, 2.05) is 0 Å². The Labute approximate surface area is 290 Å². The van der Waals surface area contributed by atoms with Crippen LogP contribution in [0.2, 0.25) is 0 Å². The molecule has 7 aromatic carbocycles. The number of nitrogens with zero attached hydrogens (tertiary/aromatic N) is 2. The Morgan fingerprint density at radius 3 is 1.16 bits per heavy atom. The summed E-state index contributed by atoms with van der Waals surface area (Å²) >= 11 is 0. The Morgan fingerprint density at radius 2 is 0.776 bits per heavy atom. The number of rotatable bonds is 4. The first-order valence-electron chi connectivity index (χ1n) is 17.2. The highest BCUT2D eigenvalue weighted by molar-refractivity contribution is 7.00. The molecule has 9 rings (SSSR count). The van der Waals surface area contributed by atoms with Gasteiger partial charge in [0.2, 0.25) is 0 Å². The van der Waals surface area contributed by atoms with Crippen molar-refractivity contribution in [2.75, 3.05) is 9.80 Å². The van der Waals surface area contributed by atoms with Gasteiger partial charge in [-0.25, -0.2) is 0 Å². The largest absolute Gasteiger partial charge is 0.311 e. The second-order valence-corrected chi connectivity index (χ2v) is 14.2. The average Bonchev–Trinajstić information content (AvgIpc) is 3.15. The van der Waals surface area contributed by atoms with Gasteiger partial charge in [-0.3, -0.25) is 0 Å². The predicted octanol–water partition coefficient (Wildman–Crippen LogP) is 10.4. The molecule has 0 saturated heterocycles. The Balaban J connectivity index is 1.39. The molecular weight excluding hydrogens is 591 g/mol. The smallest absolute Gasteiger partial charge is 0.252 e. The van der Waals surface area contributed by atoms with Crippen LogP contribution in [0.1, 0.15) is 26.3 Å². The van der Waals surface area contributed by atoms with Gasteiger partial charge in [0.05, 0.1) is 0 Å². The summed E-state index contributed by atoms with van der Waals surface area (Å²) in [4.78, 5) is 5.03. The third-order valence-corrected chi connectivity index (χ3v) is 10.2. The van der Waals surface area contributed by atoms with Crippen LogP contribution >= 0.6 is 0 Å². The molecule has 0 atom stereocenters. The van der Waals surface area contributed by atoms with Gasteiger partial charge in [0.1, 0.15) is 0 Å². The minimum absolute atomic E-state index is 0.0654. The molecule has 7 aromatic rings. The van der Waals surface area contributed by atoms with Gasteiger partial charge in [-0.1, -0.05) is 142 Å². The minimum atomic E-state index is -0.0654. The van der Waals surface area contributed by atoms with Crippen LogP contribution in [-0.4, -0.2) is 6.71 Å². The van der Waals surface area contributed by atoms with E-state index >= 15 is 0 Å². The van der Waals surface area contributed by atoms with Crippen molar-refractivity contribution in [3.8, 4) is 22.3 Å². The highest BCUT2D eigenvalue weighted by Crippen LogP contribution is 2.47. The topological polar surface area (TPSA) is 6.48 Å². The van der Waals surface area contributed by atoms with Crippen molar-refractivity contribution in [3.05, 3.63) is 175 Å². The summed E-state index contributed by atoms with van der Waals surface area (Å²) in [5.74, 6) is 0. The van der Waals surface area contributed by atoms with Crippen LogP contribution in [0.4, 0.5) is 34.1 Å². The lowest BCUT2D eigenvalue weighted by atomic mass is 9.33. The summed E-state index contributed by atoms with van der Waals surface area (Å²) < 4.78 is 0. The summed E-state index contributed by atoms with van der Waals surface area (Å²) in [6.07, 6.45) is 0. The van der Waals surface area contributed by atoms with Gasteiger partial charge < -0.3 is 9.80 Å². The zero-order chi connectivity index (χ0) is 33.1. The molecule has 0 spiro atoms. The van der Waals surface area contributed by atoms with Crippen molar-refractivity contribution in [1.82, 2.24) is 0 Å². The van der Waals surface area contributed by atoms with Crippen LogP contribution in [0.3, 0.4) is 0 Å². The number of benzene rings is 7. The van der Waals surface area contributed by atoms with E-state index in [2.05, 4.69) is 200 Å². The molecule has 2 heterocycles. The van der Waals surface area contributed by atoms with Crippen LogP contribution < -0.4 is 26.2 Å². The van der Waals surface area contributed by atoms with E-state index < -0.39 is 0 Å². The van der Waals surface area contributed by atoms with Gasteiger partial charge in [0.25, 0.3) is 6.71 Å². The first-order chi connectivity index (χ1) is 24.0. The second kappa shape index (κ2) is 11.4. The molecule has 0 fully saturated rings. The van der Waals surface area contributed by atoms with E-state index in [-0.39, 0.29) is 12.1 Å². The molecule has 0 N–H and O–H groups in total. The third-order valence-electron chi connectivity index (χ3n) is 10.2. The summed E-state index contributed by atoms with van der Waals surface area (Å²) in [6.45, 7) is 7.05. The van der Waals surface area contributed by atoms with Crippen molar-refractivity contribution in [3.63, 3.8) is 0 Å². The van der Waals surface area contributed by atoms with E-state index in [0.717, 1.165) is 11.4 Å². The third kappa shape index (κ3) is 4.88. The quantitative estimate of drug-likeness (QED) is 0.179. The maximum absolute atomic E-state index is 2.51. The maximum Gasteiger partial charge on any atom is 0.252 e. The van der Waals surface area contributed by atoms with E-state index in [9.17, 15) is 0 Å². The first kappa shape index (κ1) is 29.4. The molecule has 0 radical (unpaired) electrons. The Kier molecular flexibility index (Phi) is 6.84. The predicted molar refractivity (Wildman–Crippen MR) is 210 cm³/mol. The lowest BCUT2D eigenvalue weighted by Gasteiger charge is -2.45. The Morgan fingerprint density at radius 1 is 0.388 bits per heavy atom. The van der Waals surface area contributed by atoms with E-state index in [1.165, 1.54) is 67.0 Å². The molecular formula is C46H37BN2. The van der Waals surface area contributed by atoms with Crippen LogP contribution in [-0.2, 0) is 5.41 Å². The van der Waals surface area contributed by atoms with Gasteiger partial charge in [0.15, 0.2) is 0 Å². The monoisotopic (exact) mass is 628 g/mol. The van der Waals surface area contributed by atoms with Crippen LogP contribution in [0, 0.1) is 0 Å². The molecule has 2 aliphatic rings. The minimum Gasteiger partial charge on any atom is -0.311 e. The van der Waals surface area contributed by atoms with Crippen molar-refractivity contribution in [2.24, 2.45) is 0 Å². The van der Waals surface area contributed by atoms with Crippen LogP contribution in [0.5, 0.6) is 0 Å². The van der Waals surface area contributed by atoms with Crippen molar-refractivity contribution >= 4 is 57.2 Å². The molecule has 2 aliphatic heterocycles. The fourth-order valence-electron chi connectivity index (χ4n) is 7.75. The molecule has 3 heteroatoms. The average molecular weight is 629 g/mol. The first-order valence-corrected chi connectivity index (χ1v) is 17.2. The Bertz CT molecular complexity index is 2150. The summed E-state index contributed by atoms with van der Waals surface area (Å²) in [7, 11) is 0. The van der Waals surface area contributed by atoms with Crippen molar-refractivity contribution in [2.45, 2.75) is 26.2 Å².